The third-order valence-electron chi connectivity index (χ3n) is 5.97. The van der Waals surface area contributed by atoms with Gasteiger partial charge in [0.05, 0.1) is 5.54 Å². The molecule has 0 aliphatic carbocycles. The van der Waals surface area contributed by atoms with Gasteiger partial charge in [0.1, 0.15) is 5.82 Å². The second kappa shape index (κ2) is 5.98. The number of piperidine rings is 1. The lowest BCUT2D eigenvalue weighted by Crippen LogP contribution is -2.58. The maximum absolute atomic E-state index is 13.6. The molecule has 2 nitrogen and oxygen atoms in total. The lowest BCUT2D eigenvalue weighted by Gasteiger charge is -2.54. The van der Waals surface area contributed by atoms with Gasteiger partial charge in [-0.1, -0.05) is 36.4 Å². The van der Waals surface area contributed by atoms with Crippen LogP contribution in [-0.4, -0.2) is 43.0 Å². The zero-order valence-electron chi connectivity index (χ0n) is 14.5. The Labute approximate surface area is 143 Å². The summed E-state index contributed by atoms with van der Waals surface area (Å²) in [7, 11) is 4.35. The van der Waals surface area contributed by atoms with Crippen LogP contribution < -0.4 is 0 Å². The van der Waals surface area contributed by atoms with Crippen LogP contribution >= 0.6 is 0 Å². The fourth-order valence-corrected chi connectivity index (χ4v) is 4.67. The van der Waals surface area contributed by atoms with Crippen LogP contribution in [-0.2, 0) is 12.0 Å². The highest BCUT2D eigenvalue weighted by atomic mass is 19.1. The molecule has 2 atom stereocenters. The number of hydrogen-bond donors (Lipinski definition) is 0. The molecule has 2 unspecified atom stereocenters. The third-order valence-corrected chi connectivity index (χ3v) is 5.97. The second-order valence-corrected chi connectivity index (χ2v) is 7.37. The lowest BCUT2D eigenvalue weighted by atomic mass is 9.69. The van der Waals surface area contributed by atoms with Gasteiger partial charge in [-0.15, -0.1) is 0 Å². The molecule has 2 aromatic carbocycles. The molecule has 0 aromatic heterocycles. The average Bonchev–Trinajstić information content (AvgIpc) is 2.61. The highest BCUT2D eigenvalue weighted by Gasteiger charge is 2.48. The van der Waals surface area contributed by atoms with Crippen molar-refractivity contribution in [2.24, 2.45) is 0 Å². The first-order valence-electron chi connectivity index (χ1n) is 8.87. The van der Waals surface area contributed by atoms with Gasteiger partial charge in [0.15, 0.2) is 0 Å². The van der Waals surface area contributed by atoms with Crippen LogP contribution in [0.4, 0.5) is 4.39 Å². The van der Waals surface area contributed by atoms with E-state index in [0.717, 1.165) is 25.9 Å². The van der Waals surface area contributed by atoms with Gasteiger partial charge in [-0.2, -0.15) is 0 Å². The van der Waals surface area contributed by atoms with Crippen molar-refractivity contribution in [1.29, 1.82) is 0 Å². The van der Waals surface area contributed by atoms with Gasteiger partial charge in [-0.25, -0.2) is 4.39 Å². The summed E-state index contributed by atoms with van der Waals surface area (Å²) in [5, 5.41) is 0. The Balaban J connectivity index is 1.91. The van der Waals surface area contributed by atoms with E-state index in [1.54, 1.807) is 12.1 Å². The summed E-state index contributed by atoms with van der Waals surface area (Å²) < 4.78 is 13.6. The summed E-state index contributed by atoms with van der Waals surface area (Å²) in [4.78, 5) is 4.97. The van der Waals surface area contributed by atoms with Crippen LogP contribution in [0.5, 0.6) is 0 Å². The molecule has 1 fully saturated rings. The van der Waals surface area contributed by atoms with Gasteiger partial charge in [-0.05, 0) is 62.2 Å². The minimum Gasteiger partial charge on any atom is -0.306 e. The van der Waals surface area contributed by atoms with Crippen molar-refractivity contribution in [2.75, 3.05) is 27.2 Å². The second-order valence-electron chi connectivity index (χ2n) is 7.37. The summed E-state index contributed by atoms with van der Waals surface area (Å²) >= 11 is 0. The molecular formula is C21H25FN2. The van der Waals surface area contributed by atoms with Crippen molar-refractivity contribution < 1.29 is 4.39 Å². The minimum atomic E-state index is -0.161. The molecule has 0 saturated carbocycles. The van der Waals surface area contributed by atoms with E-state index in [1.165, 1.54) is 23.1 Å². The molecule has 4 rings (SSSR count). The van der Waals surface area contributed by atoms with Gasteiger partial charge < -0.3 is 4.90 Å². The smallest absolute Gasteiger partial charge is 0.123 e. The van der Waals surface area contributed by atoms with E-state index < -0.39 is 0 Å². The quantitative estimate of drug-likeness (QED) is 0.832. The molecule has 0 bridgehead atoms. The fraction of sp³-hybridized carbons (Fsp3) is 0.429. The molecule has 3 heteroatoms. The van der Waals surface area contributed by atoms with Gasteiger partial charge in [0, 0.05) is 19.1 Å². The van der Waals surface area contributed by atoms with Crippen molar-refractivity contribution in [2.45, 2.75) is 30.8 Å². The molecule has 1 saturated heterocycles. The van der Waals surface area contributed by atoms with Gasteiger partial charge in [0.2, 0.25) is 0 Å². The SMILES string of the molecule is CN(C)C1CCN2CCc3ccccc3C2(c2ccc(F)cc2)C1. The predicted octanol–water partition coefficient (Wildman–Crippen LogP) is 3.65. The molecule has 2 aliphatic rings. The van der Waals surface area contributed by atoms with Crippen molar-refractivity contribution in [3.8, 4) is 0 Å². The van der Waals surface area contributed by atoms with Crippen LogP contribution in [0.25, 0.3) is 0 Å². The Kier molecular flexibility index (Phi) is 3.93. The minimum absolute atomic E-state index is 0.129. The zero-order chi connectivity index (χ0) is 16.7. The van der Waals surface area contributed by atoms with E-state index in [2.05, 4.69) is 48.2 Å². The summed E-state index contributed by atoms with van der Waals surface area (Å²) in [5.41, 5.74) is 3.95. The standard InChI is InChI=1S/C21H25FN2/c1-23(2)19-12-14-24-13-11-16-5-3-4-6-20(16)21(24,15-19)17-7-9-18(22)10-8-17/h3-10,19H,11-15H2,1-2H3. The highest BCUT2D eigenvalue weighted by molar-refractivity contribution is 5.46. The molecule has 2 aromatic rings. The summed E-state index contributed by atoms with van der Waals surface area (Å²) in [6, 6.07) is 16.6. The van der Waals surface area contributed by atoms with Crippen LogP contribution in [0, 0.1) is 5.82 Å². The first kappa shape index (κ1) is 15.8. The van der Waals surface area contributed by atoms with E-state index in [9.17, 15) is 4.39 Å². The summed E-state index contributed by atoms with van der Waals surface area (Å²) in [6.07, 6.45) is 3.35. The normalized spacial score (nSPS) is 26.9. The van der Waals surface area contributed by atoms with Gasteiger partial charge in [0.25, 0.3) is 0 Å². The predicted molar refractivity (Wildman–Crippen MR) is 95.6 cm³/mol. The Bertz CT molecular complexity index is 725. The molecule has 126 valence electrons. The number of nitrogens with zero attached hydrogens (tertiary/aromatic N) is 2. The molecule has 2 heterocycles. The maximum Gasteiger partial charge on any atom is 0.123 e. The lowest BCUT2D eigenvalue weighted by molar-refractivity contribution is 0.0245. The van der Waals surface area contributed by atoms with Crippen molar-refractivity contribution in [3.05, 3.63) is 71.0 Å². The molecule has 0 amide bonds. The van der Waals surface area contributed by atoms with Crippen molar-refractivity contribution >= 4 is 0 Å². The topological polar surface area (TPSA) is 6.48 Å². The van der Waals surface area contributed by atoms with E-state index in [4.69, 9.17) is 0 Å². The zero-order valence-corrected chi connectivity index (χ0v) is 14.5. The first-order chi connectivity index (χ1) is 11.6. The number of hydrogen-bond acceptors (Lipinski definition) is 2. The molecule has 0 N–H and O–H groups in total. The van der Waals surface area contributed by atoms with Crippen LogP contribution in [0.3, 0.4) is 0 Å². The van der Waals surface area contributed by atoms with E-state index in [1.807, 2.05) is 12.1 Å². The third kappa shape index (κ3) is 2.38. The number of rotatable bonds is 2. The Hall–Kier alpha value is -1.71. The number of halogens is 1. The maximum atomic E-state index is 13.6. The van der Waals surface area contributed by atoms with E-state index >= 15 is 0 Å². The number of benzene rings is 2. The molecule has 24 heavy (non-hydrogen) atoms. The summed E-state index contributed by atoms with van der Waals surface area (Å²) in [5.74, 6) is -0.161. The number of fused-ring (bicyclic) bond motifs is 3. The first-order valence-corrected chi connectivity index (χ1v) is 8.87. The Morgan fingerprint density at radius 2 is 1.79 bits per heavy atom. The molecule has 2 aliphatic heterocycles. The molecular weight excluding hydrogens is 299 g/mol. The van der Waals surface area contributed by atoms with Crippen molar-refractivity contribution in [3.63, 3.8) is 0 Å². The van der Waals surface area contributed by atoms with Crippen LogP contribution in [0.1, 0.15) is 29.5 Å². The van der Waals surface area contributed by atoms with Crippen LogP contribution in [0.15, 0.2) is 48.5 Å². The summed E-state index contributed by atoms with van der Waals surface area (Å²) in [6.45, 7) is 2.17. The molecule has 0 radical (unpaired) electrons. The molecule has 0 spiro atoms. The highest BCUT2D eigenvalue weighted by Crippen LogP contribution is 2.47. The van der Waals surface area contributed by atoms with Gasteiger partial charge >= 0.3 is 0 Å². The van der Waals surface area contributed by atoms with Gasteiger partial charge in [-0.3, -0.25) is 4.90 Å². The van der Waals surface area contributed by atoms with E-state index in [-0.39, 0.29) is 11.4 Å². The monoisotopic (exact) mass is 324 g/mol. The largest absolute Gasteiger partial charge is 0.306 e. The fourth-order valence-electron chi connectivity index (χ4n) is 4.67. The Morgan fingerprint density at radius 1 is 1.04 bits per heavy atom. The average molecular weight is 324 g/mol. The van der Waals surface area contributed by atoms with E-state index in [0.29, 0.717) is 6.04 Å². The van der Waals surface area contributed by atoms with Crippen LogP contribution in [0.2, 0.25) is 0 Å². The van der Waals surface area contributed by atoms with Crippen molar-refractivity contribution in [1.82, 2.24) is 9.80 Å². The Morgan fingerprint density at radius 3 is 2.54 bits per heavy atom.